The van der Waals surface area contributed by atoms with E-state index in [2.05, 4.69) is 41.0 Å². The summed E-state index contributed by atoms with van der Waals surface area (Å²) in [6, 6.07) is 14.1. The van der Waals surface area contributed by atoms with Crippen molar-refractivity contribution in [3.63, 3.8) is 0 Å². The molecule has 3 saturated heterocycles. The number of imide groups is 1. The van der Waals surface area contributed by atoms with Gasteiger partial charge in [-0.2, -0.15) is 0 Å². The van der Waals surface area contributed by atoms with Gasteiger partial charge >= 0.3 is 0 Å². The normalized spacial score (nSPS) is 23.8. The summed E-state index contributed by atoms with van der Waals surface area (Å²) in [6.45, 7) is 7.51. The van der Waals surface area contributed by atoms with E-state index < -0.39 is 0 Å². The molecule has 8 heteroatoms. The number of carbonyl (C=O) groups excluding carboxylic acids is 3. The van der Waals surface area contributed by atoms with Gasteiger partial charge in [0.15, 0.2) is 0 Å². The Hall–Kier alpha value is -3.39. The highest BCUT2D eigenvalue weighted by Crippen LogP contribution is 2.35. The quantitative estimate of drug-likeness (QED) is 0.568. The fourth-order valence-electron chi connectivity index (χ4n) is 6.33. The Morgan fingerprint density at radius 2 is 1.68 bits per heavy atom. The number of nitrogens with zero attached hydrogens (tertiary/aromatic N) is 4. The minimum absolute atomic E-state index is 0.0795. The lowest BCUT2D eigenvalue weighted by molar-refractivity contribution is -0.136. The van der Waals surface area contributed by atoms with Crippen LogP contribution in [-0.4, -0.2) is 86.0 Å². The van der Waals surface area contributed by atoms with Crippen LogP contribution in [0.5, 0.6) is 0 Å². The molecule has 200 valence electrons. The third-order valence-electron chi connectivity index (χ3n) is 8.49. The molecule has 0 radical (unpaired) electrons. The predicted molar refractivity (Wildman–Crippen MR) is 146 cm³/mol. The van der Waals surface area contributed by atoms with Gasteiger partial charge in [0.05, 0.1) is 35.4 Å². The topological polar surface area (TPSA) is 73.4 Å². The minimum atomic E-state index is -0.239. The summed E-state index contributed by atoms with van der Waals surface area (Å²) in [7, 11) is 0. The van der Waals surface area contributed by atoms with Gasteiger partial charge in [0.2, 0.25) is 5.91 Å². The van der Waals surface area contributed by atoms with Crippen LogP contribution in [-0.2, 0) is 9.53 Å². The second kappa shape index (κ2) is 10.4. The van der Waals surface area contributed by atoms with Crippen molar-refractivity contribution in [2.24, 2.45) is 5.92 Å². The summed E-state index contributed by atoms with van der Waals surface area (Å²) in [4.78, 5) is 47.9. The van der Waals surface area contributed by atoms with Crippen molar-refractivity contribution in [2.75, 3.05) is 62.2 Å². The molecule has 8 nitrogen and oxygen atoms in total. The third kappa shape index (κ3) is 4.66. The molecule has 0 bridgehead atoms. The van der Waals surface area contributed by atoms with E-state index >= 15 is 0 Å². The van der Waals surface area contributed by atoms with Crippen LogP contribution in [0.3, 0.4) is 0 Å². The average molecular weight is 517 g/mol. The van der Waals surface area contributed by atoms with Gasteiger partial charge in [-0.05, 0) is 56.9 Å². The van der Waals surface area contributed by atoms with Crippen LogP contribution in [0, 0.1) is 12.8 Å². The number of benzene rings is 2. The first kappa shape index (κ1) is 24.9. The number of amides is 3. The first-order chi connectivity index (χ1) is 18.5. The zero-order valence-electron chi connectivity index (χ0n) is 22.1. The Morgan fingerprint density at radius 1 is 0.895 bits per heavy atom. The Bertz CT molecular complexity index is 1220. The molecule has 0 spiro atoms. The molecule has 6 rings (SSSR count). The van der Waals surface area contributed by atoms with E-state index in [4.69, 9.17) is 4.74 Å². The van der Waals surface area contributed by atoms with Gasteiger partial charge in [0.1, 0.15) is 0 Å². The first-order valence-corrected chi connectivity index (χ1v) is 14.0. The van der Waals surface area contributed by atoms with E-state index in [1.54, 1.807) is 6.07 Å². The van der Waals surface area contributed by atoms with Crippen molar-refractivity contribution in [3.05, 3.63) is 59.2 Å². The maximum absolute atomic E-state index is 13.6. The van der Waals surface area contributed by atoms with E-state index in [-0.39, 0.29) is 29.7 Å². The molecule has 0 N–H and O–H groups in total. The van der Waals surface area contributed by atoms with Crippen LogP contribution in [0.15, 0.2) is 42.5 Å². The van der Waals surface area contributed by atoms with Crippen LogP contribution < -0.4 is 9.80 Å². The summed E-state index contributed by atoms with van der Waals surface area (Å²) in [5, 5.41) is 0. The molecular weight excluding hydrogens is 480 g/mol. The summed E-state index contributed by atoms with van der Waals surface area (Å²) in [5.41, 5.74) is 4.17. The number of piperazine rings is 1. The summed E-state index contributed by atoms with van der Waals surface area (Å²) in [5.74, 6) is -0.385. The maximum atomic E-state index is 13.6. The van der Waals surface area contributed by atoms with Crippen molar-refractivity contribution in [1.82, 2.24) is 9.80 Å². The highest BCUT2D eigenvalue weighted by Gasteiger charge is 2.41. The zero-order valence-corrected chi connectivity index (χ0v) is 22.1. The van der Waals surface area contributed by atoms with Gasteiger partial charge < -0.3 is 19.4 Å². The molecule has 2 aromatic rings. The maximum Gasteiger partial charge on any atom is 0.263 e. The monoisotopic (exact) mass is 516 g/mol. The lowest BCUT2D eigenvalue weighted by Crippen LogP contribution is -2.52. The lowest BCUT2D eigenvalue weighted by Gasteiger charge is -2.40. The largest absolute Gasteiger partial charge is 0.376 e. The number of rotatable bonds is 5. The van der Waals surface area contributed by atoms with Crippen LogP contribution in [0.25, 0.3) is 0 Å². The SMILES string of the molecule is Cc1ccc(N2CCN(C(=O)[C@H]3CCCN(c4cccc5c4C(=O)N(C[C@H]4CCCO4)C5=O)C3)CC2)cc1. The first-order valence-electron chi connectivity index (χ1n) is 14.0. The fourth-order valence-corrected chi connectivity index (χ4v) is 6.33. The van der Waals surface area contributed by atoms with Crippen LogP contribution in [0.2, 0.25) is 0 Å². The Kier molecular flexibility index (Phi) is 6.82. The minimum Gasteiger partial charge on any atom is -0.376 e. The lowest BCUT2D eigenvalue weighted by atomic mass is 9.94. The number of piperidine rings is 1. The molecule has 0 unspecified atom stereocenters. The molecule has 4 heterocycles. The average Bonchev–Trinajstić information content (AvgIpc) is 3.56. The van der Waals surface area contributed by atoms with Crippen LogP contribution in [0.4, 0.5) is 11.4 Å². The number of carbonyl (C=O) groups is 3. The van der Waals surface area contributed by atoms with Crippen molar-refractivity contribution < 1.29 is 19.1 Å². The van der Waals surface area contributed by atoms with E-state index in [1.807, 2.05) is 17.0 Å². The molecular formula is C30H36N4O4. The van der Waals surface area contributed by atoms with E-state index in [1.165, 1.54) is 16.2 Å². The van der Waals surface area contributed by atoms with E-state index in [0.29, 0.717) is 30.8 Å². The number of hydrogen-bond donors (Lipinski definition) is 0. The molecule has 3 fully saturated rings. The second-order valence-electron chi connectivity index (χ2n) is 11.0. The molecule has 4 aliphatic rings. The molecule has 0 aromatic heterocycles. The van der Waals surface area contributed by atoms with E-state index in [9.17, 15) is 14.4 Å². The highest BCUT2D eigenvalue weighted by atomic mass is 16.5. The molecule has 2 atom stereocenters. The smallest absolute Gasteiger partial charge is 0.263 e. The number of ether oxygens (including phenoxy) is 1. The molecule has 3 amide bonds. The number of aryl methyl sites for hydroxylation is 1. The standard InChI is InChI=1S/C30H36N4O4/c1-21-9-11-23(12-10-21)31-14-16-32(17-15-31)28(35)22-5-3-13-33(19-22)26-8-2-7-25-27(26)30(37)34(29(25)36)20-24-6-4-18-38-24/h2,7-12,22,24H,3-6,13-20H2,1H3/t22-,24+/m0/s1. The molecule has 0 saturated carbocycles. The van der Waals surface area contributed by atoms with Crippen molar-refractivity contribution in [1.29, 1.82) is 0 Å². The molecule has 4 aliphatic heterocycles. The Balaban J connectivity index is 1.12. The molecule has 38 heavy (non-hydrogen) atoms. The van der Waals surface area contributed by atoms with Crippen molar-refractivity contribution in [2.45, 2.75) is 38.7 Å². The highest BCUT2D eigenvalue weighted by molar-refractivity contribution is 6.23. The number of anilines is 2. The van der Waals surface area contributed by atoms with Crippen LogP contribution >= 0.6 is 0 Å². The Morgan fingerprint density at radius 3 is 2.42 bits per heavy atom. The Labute approximate surface area is 224 Å². The number of hydrogen-bond acceptors (Lipinski definition) is 6. The van der Waals surface area contributed by atoms with Gasteiger partial charge in [-0.1, -0.05) is 23.8 Å². The summed E-state index contributed by atoms with van der Waals surface area (Å²) < 4.78 is 5.69. The molecule has 2 aromatic carbocycles. The van der Waals surface area contributed by atoms with Gasteiger partial charge in [-0.25, -0.2) is 0 Å². The predicted octanol–water partition coefficient (Wildman–Crippen LogP) is 3.34. The fraction of sp³-hybridized carbons (Fsp3) is 0.500. The zero-order chi connectivity index (χ0) is 26.2. The number of fused-ring (bicyclic) bond motifs is 1. The third-order valence-corrected chi connectivity index (χ3v) is 8.49. The molecule has 0 aliphatic carbocycles. The second-order valence-corrected chi connectivity index (χ2v) is 11.0. The van der Waals surface area contributed by atoms with Gasteiger partial charge in [-0.15, -0.1) is 0 Å². The van der Waals surface area contributed by atoms with Gasteiger partial charge in [-0.3, -0.25) is 19.3 Å². The van der Waals surface area contributed by atoms with E-state index in [0.717, 1.165) is 64.1 Å². The summed E-state index contributed by atoms with van der Waals surface area (Å²) >= 11 is 0. The summed E-state index contributed by atoms with van der Waals surface area (Å²) in [6.07, 6.45) is 3.48. The van der Waals surface area contributed by atoms with Gasteiger partial charge in [0, 0.05) is 51.6 Å². The van der Waals surface area contributed by atoms with Crippen molar-refractivity contribution in [3.8, 4) is 0 Å². The van der Waals surface area contributed by atoms with Crippen LogP contribution in [0.1, 0.15) is 52.0 Å². The van der Waals surface area contributed by atoms with Crippen molar-refractivity contribution >= 4 is 29.1 Å². The van der Waals surface area contributed by atoms with Gasteiger partial charge in [0.25, 0.3) is 11.8 Å².